The smallest absolute Gasteiger partial charge is 0.462 e. The van der Waals surface area contributed by atoms with Crippen molar-refractivity contribution >= 4 is 39.5 Å². The first-order valence-electron chi connectivity index (χ1n) is 43.5. The predicted octanol–water partition coefficient (Wildman–Crippen LogP) is 25.5. The number of unbranched alkanes of at least 4 members (excludes halogenated alkanes) is 52. The van der Waals surface area contributed by atoms with E-state index in [4.69, 9.17) is 37.0 Å². The zero-order valence-electron chi connectivity index (χ0n) is 67.6. The summed E-state index contributed by atoms with van der Waals surface area (Å²) in [4.78, 5) is 73.1. The maximum Gasteiger partial charge on any atom is 0.472 e. The van der Waals surface area contributed by atoms with E-state index >= 15 is 0 Å². The highest BCUT2D eigenvalue weighted by atomic mass is 31.2. The molecule has 3 unspecified atom stereocenters. The highest BCUT2D eigenvalue weighted by Gasteiger charge is 2.30. The van der Waals surface area contributed by atoms with Gasteiger partial charge in [0, 0.05) is 25.7 Å². The molecule has 6 atom stereocenters. The lowest BCUT2D eigenvalue weighted by molar-refractivity contribution is -0.161. The van der Waals surface area contributed by atoms with Crippen molar-refractivity contribution in [2.24, 2.45) is 11.8 Å². The zero-order valence-corrected chi connectivity index (χ0v) is 69.4. The Labute approximate surface area is 632 Å². The number of esters is 4. The number of hydrogen-bond acceptors (Lipinski definition) is 15. The second kappa shape index (κ2) is 75.5. The highest BCUT2D eigenvalue weighted by Crippen LogP contribution is 2.45. The summed E-state index contributed by atoms with van der Waals surface area (Å²) in [5.41, 5.74) is 0. The molecule has 17 nitrogen and oxygen atoms in total. The quantitative estimate of drug-likeness (QED) is 0.0222. The average molecular weight is 1510 g/mol. The van der Waals surface area contributed by atoms with Gasteiger partial charge in [-0.3, -0.25) is 37.3 Å². The molecule has 0 saturated carbocycles. The van der Waals surface area contributed by atoms with Crippen LogP contribution in [0, 0.1) is 11.8 Å². The summed E-state index contributed by atoms with van der Waals surface area (Å²) in [5.74, 6) is -0.529. The van der Waals surface area contributed by atoms with Crippen LogP contribution in [-0.4, -0.2) is 96.7 Å². The number of aliphatic hydroxyl groups is 1. The van der Waals surface area contributed by atoms with E-state index < -0.39 is 97.5 Å². The molecule has 103 heavy (non-hydrogen) atoms. The molecule has 0 radical (unpaired) electrons. The van der Waals surface area contributed by atoms with Crippen LogP contribution < -0.4 is 0 Å². The lowest BCUT2D eigenvalue weighted by atomic mass is 9.99. The fourth-order valence-corrected chi connectivity index (χ4v) is 14.6. The standard InChI is InChI=1S/C84H164O17P2/c1-7-10-12-14-16-18-20-22-24-27-31-35-38-42-48-54-60-66-81(86)94-72-79(100-83(88)69-63-57-50-44-40-36-32-29-26-25-28-30-33-37-41-47-53-59-65-77(6)9-3)74-98-102(90,91)96-70-78(85)71-97-103(92,93)99-75-80(73-95-82(87)67-61-55-51-45-46-52-58-64-76(4)5)101-84(89)68-62-56-49-43-39-34-23-21-19-17-15-13-11-8-2/h76-80,85H,7-75H2,1-6H3,(H,90,91)(H,92,93)/t77?,78-,79-,80-/m1/s1. The van der Waals surface area contributed by atoms with Gasteiger partial charge in [-0.25, -0.2) is 9.13 Å². The summed E-state index contributed by atoms with van der Waals surface area (Å²) in [6.45, 7) is 9.67. The SMILES string of the molecule is CCCCCCCCCCCCCCCCCCCC(=O)OC[C@H](COP(=O)(O)OC[C@@H](O)COP(=O)(O)OC[C@@H](COC(=O)CCCCCCCCCC(C)C)OC(=O)CCCCCCCCCCCCCCCC)OC(=O)CCCCCCCCCCCCCCCCCCCCC(C)CC. The topological polar surface area (TPSA) is 237 Å². The van der Waals surface area contributed by atoms with Gasteiger partial charge in [-0.05, 0) is 37.5 Å². The number of aliphatic hydroxyl groups excluding tert-OH is 1. The number of carbonyl (C=O) groups is 4. The third kappa shape index (κ3) is 76.6. The van der Waals surface area contributed by atoms with Crippen LogP contribution in [0.4, 0.5) is 0 Å². The van der Waals surface area contributed by atoms with Crippen molar-refractivity contribution in [2.45, 2.75) is 464 Å². The minimum absolute atomic E-state index is 0.107. The average Bonchev–Trinajstić information content (AvgIpc) is 0.913. The van der Waals surface area contributed by atoms with Crippen LogP contribution in [0.15, 0.2) is 0 Å². The molecule has 0 rings (SSSR count). The van der Waals surface area contributed by atoms with E-state index in [1.807, 2.05) is 0 Å². The summed E-state index contributed by atoms with van der Waals surface area (Å²) in [6, 6.07) is 0. The van der Waals surface area contributed by atoms with Gasteiger partial charge in [0.05, 0.1) is 26.4 Å². The van der Waals surface area contributed by atoms with Gasteiger partial charge < -0.3 is 33.8 Å². The number of rotatable bonds is 83. The highest BCUT2D eigenvalue weighted by molar-refractivity contribution is 7.47. The molecule has 0 bridgehead atoms. The summed E-state index contributed by atoms with van der Waals surface area (Å²) < 4.78 is 68.8. The first-order valence-corrected chi connectivity index (χ1v) is 46.5. The van der Waals surface area contributed by atoms with Crippen LogP contribution in [0.1, 0.15) is 446 Å². The fraction of sp³-hybridized carbons (Fsp3) is 0.952. The van der Waals surface area contributed by atoms with Crippen LogP contribution >= 0.6 is 15.6 Å². The maximum atomic E-state index is 13.1. The molecule has 0 heterocycles. The lowest BCUT2D eigenvalue weighted by Crippen LogP contribution is -2.30. The Morgan fingerprint density at radius 1 is 0.282 bits per heavy atom. The second-order valence-corrected chi connectivity index (χ2v) is 33.8. The molecule has 3 N–H and O–H groups in total. The Kier molecular flexibility index (Phi) is 74.1. The third-order valence-corrected chi connectivity index (χ3v) is 22.0. The summed E-state index contributed by atoms with van der Waals surface area (Å²) >= 11 is 0. The van der Waals surface area contributed by atoms with Crippen LogP contribution in [0.3, 0.4) is 0 Å². The van der Waals surface area contributed by atoms with E-state index in [9.17, 15) is 43.2 Å². The van der Waals surface area contributed by atoms with E-state index in [2.05, 4.69) is 41.5 Å². The normalized spacial score (nSPS) is 14.1. The molecule has 0 aliphatic carbocycles. The summed E-state index contributed by atoms with van der Waals surface area (Å²) in [7, 11) is -9.92. The minimum atomic E-state index is -4.96. The molecule has 0 spiro atoms. The van der Waals surface area contributed by atoms with Gasteiger partial charge >= 0.3 is 39.5 Å². The van der Waals surface area contributed by atoms with Gasteiger partial charge in [0.15, 0.2) is 12.2 Å². The first kappa shape index (κ1) is 101. The molecule has 612 valence electrons. The maximum absolute atomic E-state index is 13.1. The van der Waals surface area contributed by atoms with Crippen molar-refractivity contribution in [1.29, 1.82) is 0 Å². The Morgan fingerprint density at radius 3 is 0.738 bits per heavy atom. The molecule has 0 saturated heterocycles. The molecule has 0 fully saturated rings. The van der Waals surface area contributed by atoms with Gasteiger partial charge in [0.25, 0.3) is 0 Å². The minimum Gasteiger partial charge on any atom is -0.462 e. The number of hydrogen-bond donors (Lipinski definition) is 3. The molecule has 0 aliphatic rings. The van der Waals surface area contributed by atoms with Crippen LogP contribution in [-0.2, 0) is 65.4 Å². The molecular weight excluding hydrogens is 1340 g/mol. The Bertz CT molecular complexity index is 1980. The van der Waals surface area contributed by atoms with Gasteiger partial charge in [0.2, 0.25) is 0 Å². The van der Waals surface area contributed by atoms with E-state index in [0.717, 1.165) is 102 Å². The Hall–Kier alpha value is -1.94. The second-order valence-electron chi connectivity index (χ2n) is 30.9. The van der Waals surface area contributed by atoms with Crippen molar-refractivity contribution in [3.05, 3.63) is 0 Å². The molecule has 0 aromatic heterocycles. The number of carbonyl (C=O) groups excluding carboxylic acids is 4. The van der Waals surface area contributed by atoms with Crippen molar-refractivity contribution < 1.29 is 80.2 Å². The molecule has 0 aromatic rings. The largest absolute Gasteiger partial charge is 0.472 e. The number of phosphoric ester groups is 2. The summed E-state index contributed by atoms with van der Waals surface area (Å²) in [6.07, 6.45) is 66.7. The molecule has 0 aromatic carbocycles. The van der Waals surface area contributed by atoms with Crippen LogP contribution in [0.5, 0.6) is 0 Å². The van der Waals surface area contributed by atoms with Crippen LogP contribution in [0.25, 0.3) is 0 Å². The Balaban J connectivity index is 5.22. The van der Waals surface area contributed by atoms with E-state index in [1.54, 1.807) is 0 Å². The van der Waals surface area contributed by atoms with Gasteiger partial charge in [-0.1, -0.05) is 395 Å². The van der Waals surface area contributed by atoms with E-state index in [1.165, 1.54) is 257 Å². The van der Waals surface area contributed by atoms with Crippen molar-refractivity contribution in [1.82, 2.24) is 0 Å². The van der Waals surface area contributed by atoms with Crippen LogP contribution in [0.2, 0.25) is 0 Å². The van der Waals surface area contributed by atoms with Crippen molar-refractivity contribution in [3.8, 4) is 0 Å². The molecular formula is C84H164O17P2. The number of phosphoric acid groups is 2. The molecule has 19 heteroatoms. The van der Waals surface area contributed by atoms with Gasteiger partial charge in [0.1, 0.15) is 19.3 Å². The summed E-state index contributed by atoms with van der Waals surface area (Å²) in [5, 5.41) is 10.7. The fourth-order valence-electron chi connectivity index (χ4n) is 13.0. The monoisotopic (exact) mass is 1510 g/mol. The molecule has 0 amide bonds. The van der Waals surface area contributed by atoms with Crippen molar-refractivity contribution in [3.63, 3.8) is 0 Å². The third-order valence-electron chi connectivity index (χ3n) is 20.1. The zero-order chi connectivity index (χ0) is 75.6. The van der Waals surface area contributed by atoms with E-state index in [0.29, 0.717) is 31.6 Å². The predicted molar refractivity (Wildman–Crippen MR) is 423 cm³/mol. The van der Waals surface area contributed by atoms with E-state index in [-0.39, 0.29) is 25.7 Å². The number of ether oxygens (including phenoxy) is 4. The molecule has 0 aliphatic heterocycles. The Morgan fingerprint density at radius 2 is 0.495 bits per heavy atom. The van der Waals surface area contributed by atoms with Gasteiger partial charge in [-0.15, -0.1) is 0 Å². The van der Waals surface area contributed by atoms with Crippen molar-refractivity contribution in [2.75, 3.05) is 39.6 Å². The van der Waals surface area contributed by atoms with Gasteiger partial charge in [-0.2, -0.15) is 0 Å². The lowest BCUT2D eigenvalue weighted by Gasteiger charge is -2.21. The first-order chi connectivity index (χ1) is 49.9.